The third-order valence-corrected chi connectivity index (χ3v) is 2.18. The van der Waals surface area contributed by atoms with Gasteiger partial charge >= 0.3 is 0 Å². The molecular formula is C12H12N2O2. The smallest absolute Gasteiger partial charge is 0.251 e. The Morgan fingerprint density at radius 3 is 3.00 bits per heavy atom. The first-order valence-electron chi connectivity index (χ1n) is 4.93. The van der Waals surface area contributed by atoms with Gasteiger partial charge in [-0.25, -0.2) is 4.98 Å². The first-order chi connectivity index (χ1) is 7.79. The molecule has 0 fully saturated rings. The average molecular weight is 216 g/mol. The summed E-state index contributed by atoms with van der Waals surface area (Å²) in [5.74, 6) is 0.574. The third kappa shape index (κ3) is 2.35. The molecule has 0 atom stereocenters. The lowest BCUT2D eigenvalue weighted by Crippen LogP contribution is -2.05. The summed E-state index contributed by atoms with van der Waals surface area (Å²) in [6.07, 6.45) is 1.50. The van der Waals surface area contributed by atoms with Gasteiger partial charge in [-0.15, -0.1) is 0 Å². The molecule has 0 amide bonds. The maximum atomic E-state index is 11.2. The van der Waals surface area contributed by atoms with Crippen LogP contribution in [0.4, 0.5) is 0 Å². The predicted molar refractivity (Wildman–Crippen MR) is 61.0 cm³/mol. The fourth-order valence-electron chi connectivity index (χ4n) is 1.49. The van der Waals surface area contributed by atoms with Gasteiger partial charge in [-0.1, -0.05) is 18.2 Å². The molecule has 1 heterocycles. The third-order valence-electron chi connectivity index (χ3n) is 2.18. The molecule has 0 unspecified atom stereocenters. The number of aromatic amines is 1. The molecule has 1 aromatic heterocycles. The number of hydrogen-bond donors (Lipinski definition) is 1. The molecule has 2 rings (SSSR count). The van der Waals surface area contributed by atoms with Crippen molar-refractivity contribution < 1.29 is 4.74 Å². The van der Waals surface area contributed by atoms with Crippen molar-refractivity contribution in [1.82, 2.24) is 9.97 Å². The van der Waals surface area contributed by atoms with Crippen LogP contribution in [-0.2, 0) is 11.3 Å². The lowest BCUT2D eigenvalue weighted by atomic mass is 10.1. The molecule has 0 bridgehead atoms. The zero-order chi connectivity index (χ0) is 11.4. The molecule has 1 N–H and O–H groups in total. The molecule has 4 heteroatoms. The van der Waals surface area contributed by atoms with Gasteiger partial charge in [0.1, 0.15) is 5.82 Å². The second-order valence-electron chi connectivity index (χ2n) is 3.42. The number of aromatic nitrogens is 2. The summed E-state index contributed by atoms with van der Waals surface area (Å²) in [7, 11) is 1.65. The van der Waals surface area contributed by atoms with Gasteiger partial charge in [-0.3, -0.25) is 4.79 Å². The summed E-state index contributed by atoms with van der Waals surface area (Å²) in [6.45, 7) is 0.547. The number of nitrogens with one attached hydrogen (secondary N) is 1. The van der Waals surface area contributed by atoms with E-state index in [1.807, 2.05) is 24.3 Å². The molecule has 0 radical (unpaired) electrons. The summed E-state index contributed by atoms with van der Waals surface area (Å²) in [5, 5.41) is 0. The van der Waals surface area contributed by atoms with Crippen LogP contribution in [-0.4, -0.2) is 17.1 Å². The van der Waals surface area contributed by atoms with Gasteiger partial charge in [0.25, 0.3) is 5.56 Å². The number of rotatable bonds is 3. The first kappa shape index (κ1) is 10.6. The molecule has 16 heavy (non-hydrogen) atoms. The van der Waals surface area contributed by atoms with Crippen LogP contribution < -0.4 is 5.56 Å². The number of benzene rings is 1. The van der Waals surface area contributed by atoms with Crippen LogP contribution in [0.2, 0.25) is 0 Å². The second kappa shape index (κ2) is 4.72. The average Bonchev–Trinajstić information content (AvgIpc) is 2.30. The summed E-state index contributed by atoms with van der Waals surface area (Å²) >= 11 is 0. The topological polar surface area (TPSA) is 55.0 Å². The van der Waals surface area contributed by atoms with Crippen molar-refractivity contribution in [3.8, 4) is 11.4 Å². The van der Waals surface area contributed by atoms with Gasteiger partial charge in [-0.2, -0.15) is 0 Å². The van der Waals surface area contributed by atoms with E-state index in [0.29, 0.717) is 12.4 Å². The van der Waals surface area contributed by atoms with Crippen LogP contribution in [0.1, 0.15) is 5.56 Å². The normalized spacial score (nSPS) is 10.3. The molecule has 4 nitrogen and oxygen atoms in total. The lowest BCUT2D eigenvalue weighted by Gasteiger charge is -2.03. The lowest BCUT2D eigenvalue weighted by molar-refractivity contribution is 0.185. The molecule has 1 aromatic carbocycles. The minimum atomic E-state index is -0.151. The van der Waals surface area contributed by atoms with Gasteiger partial charge < -0.3 is 9.72 Å². The molecule has 2 aromatic rings. The van der Waals surface area contributed by atoms with Gasteiger partial charge in [-0.05, 0) is 11.6 Å². The fraction of sp³-hybridized carbons (Fsp3) is 0.167. The molecule has 0 saturated heterocycles. The molecule has 0 aliphatic rings. The maximum absolute atomic E-state index is 11.2. The number of hydrogen-bond acceptors (Lipinski definition) is 3. The quantitative estimate of drug-likeness (QED) is 0.847. The van der Waals surface area contributed by atoms with Gasteiger partial charge in [0.05, 0.1) is 6.61 Å². The Balaban J connectivity index is 2.40. The van der Waals surface area contributed by atoms with E-state index >= 15 is 0 Å². The minimum absolute atomic E-state index is 0.151. The molecule has 82 valence electrons. The van der Waals surface area contributed by atoms with E-state index in [1.165, 1.54) is 12.3 Å². The van der Waals surface area contributed by atoms with Crippen molar-refractivity contribution in [3.05, 3.63) is 52.4 Å². The van der Waals surface area contributed by atoms with Crippen molar-refractivity contribution >= 4 is 0 Å². The highest BCUT2D eigenvalue weighted by molar-refractivity contribution is 5.55. The molecule has 0 saturated carbocycles. The summed E-state index contributed by atoms with van der Waals surface area (Å²) in [5.41, 5.74) is 1.78. The van der Waals surface area contributed by atoms with Crippen molar-refractivity contribution in [3.63, 3.8) is 0 Å². The predicted octanol–water partition coefficient (Wildman–Crippen LogP) is 1.58. The second-order valence-corrected chi connectivity index (χ2v) is 3.42. The minimum Gasteiger partial charge on any atom is -0.380 e. The number of ether oxygens (including phenoxy) is 1. The van der Waals surface area contributed by atoms with Gasteiger partial charge in [0.2, 0.25) is 0 Å². The molecule has 0 aliphatic heterocycles. The Morgan fingerprint density at radius 2 is 2.25 bits per heavy atom. The standard InChI is InChI=1S/C12H12N2O2/c1-16-8-9-3-2-4-10(7-9)12-13-6-5-11(15)14-12/h2-7H,8H2,1H3,(H,13,14,15). The Hall–Kier alpha value is -1.94. The van der Waals surface area contributed by atoms with E-state index in [9.17, 15) is 4.79 Å². The molecule has 0 aliphatic carbocycles. The summed E-state index contributed by atoms with van der Waals surface area (Å²) in [4.78, 5) is 18.0. The Bertz CT molecular complexity index is 534. The largest absolute Gasteiger partial charge is 0.380 e. The van der Waals surface area contributed by atoms with Crippen LogP contribution in [0.3, 0.4) is 0 Å². The Kier molecular flexibility index (Phi) is 3.12. The van der Waals surface area contributed by atoms with Crippen molar-refractivity contribution in [2.45, 2.75) is 6.61 Å². The number of nitrogens with zero attached hydrogens (tertiary/aromatic N) is 1. The SMILES string of the molecule is COCc1cccc(-c2nccc(=O)[nH]2)c1. The van der Waals surface area contributed by atoms with Gasteiger partial charge in [0.15, 0.2) is 0 Å². The summed E-state index contributed by atoms with van der Waals surface area (Å²) in [6, 6.07) is 9.12. The molecular weight excluding hydrogens is 204 g/mol. The van der Waals surface area contributed by atoms with Crippen LogP contribution in [0, 0.1) is 0 Å². The van der Waals surface area contributed by atoms with Crippen LogP contribution in [0.5, 0.6) is 0 Å². The Morgan fingerprint density at radius 1 is 1.38 bits per heavy atom. The fourth-order valence-corrected chi connectivity index (χ4v) is 1.49. The van der Waals surface area contributed by atoms with E-state index in [2.05, 4.69) is 9.97 Å². The zero-order valence-electron chi connectivity index (χ0n) is 8.93. The van der Waals surface area contributed by atoms with Crippen molar-refractivity contribution in [2.24, 2.45) is 0 Å². The van der Waals surface area contributed by atoms with E-state index in [-0.39, 0.29) is 5.56 Å². The first-order valence-corrected chi connectivity index (χ1v) is 4.93. The highest BCUT2D eigenvalue weighted by Crippen LogP contribution is 2.15. The van der Waals surface area contributed by atoms with E-state index in [0.717, 1.165) is 11.1 Å². The van der Waals surface area contributed by atoms with E-state index in [4.69, 9.17) is 4.74 Å². The summed E-state index contributed by atoms with van der Waals surface area (Å²) < 4.78 is 5.05. The number of H-pyrrole nitrogens is 1. The highest BCUT2D eigenvalue weighted by atomic mass is 16.5. The Labute approximate surface area is 92.9 Å². The maximum Gasteiger partial charge on any atom is 0.251 e. The van der Waals surface area contributed by atoms with Crippen LogP contribution in [0.15, 0.2) is 41.3 Å². The van der Waals surface area contributed by atoms with Crippen LogP contribution in [0.25, 0.3) is 11.4 Å². The van der Waals surface area contributed by atoms with E-state index in [1.54, 1.807) is 7.11 Å². The van der Waals surface area contributed by atoms with E-state index < -0.39 is 0 Å². The zero-order valence-corrected chi connectivity index (χ0v) is 8.93. The highest BCUT2D eigenvalue weighted by Gasteiger charge is 2.00. The monoisotopic (exact) mass is 216 g/mol. The van der Waals surface area contributed by atoms with Crippen molar-refractivity contribution in [1.29, 1.82) is 0 Å². The van der Waals surface area contributed by atoms with Crippen molar-refractivity contribution in [2.75, 3.05) is 7.11 Å². The van der Waals surface area contributed by atoms with Crippen LogP contribution >= 0.6 is 0 Å². The molecule has 0 spiro atoms. The number of methoxy groups -OCH3 is 1. The van der Waals surface area contributed by atoms with Gasteiger partial charge in [0, 0.05) is 24.9 Å².